The zero-order valence-electron chi connectivity index (χ0n) is 15.0. The van der Waals surface area contributed by atoms with Crippen molar-refractivity contribution < 1.29 is 0 Å². The Bertz CT molecular complexity index is 1080. The van der Waals surface area contributed by atoms with Crippen molar-refractivity contribution in [2.45, 2.75) is 40.3 Å². The second-order valence-electron chi connectivity index (χ2n) is 6.12. The third kappa shape index (κ3) is 2.54. The van der Waals surface area contributed by atoms with Gasteiger partial charge in [-0.1, -0.05) is 13.0 Å². The summed E-state index contributed by atoms with van der Waals surface area (Å²) in [6.07, 6.45) is 2.36. The minimum absolute atomic E-state index is 0.161. The Hall–Kier alpha value is -2.90. The Morgan fingerprint density at radius 3 is 2.52 bits per heavy atom. The fraction of sp³-hybridized carbons (Fsp3) is 0.412. The van der Waals surface area contributed by atoms with Gasteiger partial charge in [-0.05, 0) is 26.3 Å². The molecule has 0 aliphatic heterocycles. The zero-order valence-corrected chi connectivity index (χ0v) is 15.0. The normalized spacial score (nSPS) is 11.4. The maximum atomic E-state index is 12.9. The molecule has 0 saturated heterocycles. The lowest BCUT2D eigenvalue weighted by Gasteiger charge is -2.09. The SMILES string of the molecule is C=CCn1c(=O)c2c(nc(-n3nc(C)cc3C)n2CCC)n(C)c1=O. The minimum atomic E-state index is -0.404. The van der Waals surface area contributed by atoms with E-state index in [4.69, 9.17) is 0 Å². The highest BCUT2D eigenvalue weighted by Crippen LogP contribution is 2.17. The Labute approximate surface area is 144 Å². The monoisotopic (exact) mass is 342 g/mol. The average molecular weight is 342 g/mol. The lowest BCUT2D eigenvalue weighted by molar-refractivity contribution is 0.632. The van der Waals surface area contributed by atoms with Gasteiger partial charge >= 0.3 is 5.69 Å². The molecule has 132 valence electrons. The third-order valence-electron chi connectivity index (χ3n) is 4.17. The molecule has 8 heteroatoms. The van der Waals surface area contributed by atoms with Crippen LogP contribution in [0.3, 0.4) is 0 Å². The molecule has 3 rings (SSSR count). The van der Waals surface area contributed by atoms with Gasteiger partial charge in [-0.15, -0.1) is 6.58 Å². The predicted molar refractivity (Wildman–Crippen MR) is 96.3 cm³/mol. The number of rotatable bonds is 5. The first-order valence-corrected chi connectivity index (χ1v) is 8.25. The van der Waals surface area contributed by atoms with Crippen LogP contribution in [0.4, 0.5) is 0 Å². The number of imidazole rings is 1. The zero-order chi connectivity index (χ0) is 18.3. The number of hydrogen-bond acceptors (Lipinski definition) is 4. The minimum Gasteiger partial charge on any atom is -0.302 e. The molecule has 3 aromatic rings. The van der Waals surface area contributed by atoms with Crippen LogP contribution in [0.5, 0.6) is 0 Å². The van der Waals surface area contributed by atoms with Crippen LogP contribution in [-0.4, -0.2) is 28.5 Å². The molecule has 0 fully saturated rings. The summed E-state index contributed by atoms with van der Waals surface area (Å²) in [7, 11) is 1.62. The molecule has 3 aromatic heterocycles. The molecular formula is C17H22N6O2. The van der Waals surface area contributed by atoms with E-state index in [1.165, 1.54) is 15.2 Å². The van der Waals surface area contributed by atoms with Gasteiger partial charge < -0.3 is 4.57 Å². The Balaban J connectivity index is 2.47. The van der Waals surface area contributed by atoms with Crippen LogP contribution in [0, 0.1) is 13.8 Å². The average Bonchev–Trinajstić information content (AvgIpc) is 3.10. The predicted octanol–water partition coefficient (Wildman–Crippen LogP) is 1.30. The third-order valence-corrected chi connectivity index (χ3v) is 4.17. The molecule has 0 N–H and O–H groups in total. The van der Waals surface area contributed by atoms with Gasteiger partial charge in [0.05, 0.1) is 5.69 Å². The van der Waals surface area contributed by atoms with Gasteiger partial charge in [0.25, 0.3) is 5.56 Å². The fourth-order valence-corrected chi connectivity index (χ4v) is 3.08. The molecule has 0 radical (unpaired) electrons. The van der Waals surface area contributed by atoms with Gasteiger partial charge in [0.2, 0.25) is 5.95 Å². The van der Waals surface area contributed by atoms with Crippen molar-refractivity contribution in [3.8, 4) is 5.95 Å². The number of hydrogen-bond donors (Lipinski definition) is 0. The summed E-state index contributed by atoms with van der Waals surface area (Å²) in [5.41, 5.74) is 1.80. The summed E-state index contributed by atoms with van der Waals surface area (Å²) < 4.78 is 6.14. The molecule has 0 spiro atoms. The highest BCUT2D eigenvalue weighted by molar-refractivity contribution is 5.72. The Morgan fingerprint density at radius 2 is 1.96 bits per heavy atom. The molecule has 25 heavy (non-hydrogen) atoms. The van der Waals surface area contributed by atoms with Gasteiger partial charge in [0.1, 0.15) is 0 Å². The smallest absolute Gasteiger partial charge is 0.302 e. The fourth-order valence-electron chi connectivity index (χ4n) is 3.08. The van der Waals surface area contributed by atoms with Crippen LogP contribution in [0.2, 0.25) is 0 Å². The first kappa shape index (κ1) is 16.9. The molecule has 0 bridgehead atoms. The van der Waals surface area contributed by atoms with Crippen molar-refractivity contribution in [2.75, 3.05) is 0 Å². The van der Waals surface area contributed by atoms with Gasteiger partial charge in [-0.25, -0.2) is 9.48 Å². The Kier molecular flexibility index (Phi) is 4.20. The van der Waals surface area contributed by atoms with Crippen molar-refractivity contribution in [1.82, 2.24) is 28.5 Å². The summed E-state index contributed by atoms with van der Waals surface area (Å²) in [6, 6.07) is 1.95. The van der Waals surface area contributed by atoms with Crippen molar-refractivity contribution in [2.24, 2.45) is 7.05 Å². The summed E-state index contributed by atoms with van der Waals surface area (Å²) in [5.74, 6) is 0.547. The van der Waals surface area contributed by atoms with Crippen molar-refractivity contribution in [1.29, 1.82) is 0 Å². The summed E-state index contributed by atoms with van der Waals surface area (Å²) in [4.78, 5) is 30.0. The first-order valence-electron chi connectivity index (χ1n) is 8.25. The molecule has 0 aliphatic carbocycles. The van der Waals surface area contributed by atoms with E-state index in [-0.39, 0.29) is 12.1 Å². The second kappa shape index (κ2) is 6.19. The van der Waals surface area contributed by atoms with E-state index in [2.05, 4.69) is 16.7 Å². The van der Waals surface area contributed by atoms with Crippen LogP contribution >= 0.6 is 0 Å². The molecule has 0 aromatic carbocycles. The Morgan fingerprint density at radius 1 is 1.24 bits per heavy atom. The van der Waals surface area contributed by atoms with E-state index in [1.807, 2.05) is 31.4 Å². The van der Waals surface area contributed by atoms with Gasteiger partial charge in [-0.3, -0.25) is 13.9 Å². The van der Waals surface area contributed by atoms with Crippen molar-refractivity contribution >= 4 is 11.2 Å². The molecular weight excluding hydrogens is 320 g/mol. The van der Waals surface area contributed by atoms with E-state index in [9.17, 15) is 9.59 Å². The van der Waals surface area contributed by atoms with Crippen LogP contribution in [-0.2, 0) is 20.1 Å². The molecule has 3 heterocycles. The van der Waals surface area contributed by atoms with E-state index in [1.54, 1.807) is 11.7 Å². The number of aromatic nitrogens is 6. The molecule has 0 unspecified atom stereocenters. The molecule has 0 saturated carbocycles. The molecule has 0 atom stereocenters. The van der Waals surface area contributed by atoms with E-state index >= 15 is 0 Å². The largest absolute Gasteiger partial charge is 0.332 e. The number of nitrogens with zero attached hydrogens (tertiary/aromatic N) is 6. The second-order valence-corrected chi connectivity index (χ2v) is 6.12. The van der Waals surface area contributed by atoms with E-state index < -0.39 is 5.69 Å². The van der Waals surface area contributed by atoms with Crippen molar-refractivity contribution in [3.05, 3.63) is 50.9 Å². The van der Waals surface area contributed by atoms with Crippen LogP contribution < -0.4 is 11.2 Å². The van der Waals surface area contributed by atoms with Crippen LogP contribution in [0.15, 0.2) is 28.3 Å². The summed E-state index contributed by atoms with van der Waals surface area (Å²) >= 11 is 0. The highest BCUT2D eigenvalue weighted by atomic mass is 16.2. The topological polar surface area (TPSA) is 79.6 Å². The number of fused-ring (bicyclic) bond motifs is 1. The molecule has 0 amide bonds. The standard InChI is InChI=1S/C17H22N6O2/c1-6-8-21-13-14(18-16(21)23-12(4)10-11(3)19-23)20(5)17(25)22(9-7-2)15(13)24/h7,10H,2,6,8-9H2,1,3-5H3. The van der Waals surface area contributed by atoms with E-state index in [0.717, 1.165) is 17.8 Å². The maximum Gasteiger partial charge on any atom is 0.332 e. The lowest BCUT2D eigenvalue weighted by Crippen LogP contribution is -2.39. The highest BCUT2D eigenvalue weighted by Gasteiger charge is 2.21. The molecule has 0 aliphatic rings. The quantitative estimate of drug-likeness (QED) is 0.655. The first-order chi connectivity index (χ1) is 11.9. The van der Waals surface area contributed by atoms with E-state index in [0.29, 0.717) is 23.7 Å². The van der Waals surface area contributed by atoms with Crippen LogP contribution in [0.25, 0.3) is 17.1 Å². The summed E-state index contributed by atoms with van der Waals surface area (Å²) in [5, 5.41) is 4.48. The lowest BCUT2D eigenvalue weighted by atomic mass is 10.4. The number of aryl methyl sites for hydroxylation is 4. The van der Waals surface area contributed by atoms with Crippen molar-refractivity contribution in [3.63, 3.8) is 0 Å². The number of allylic oxidation sites excluding steroid dienone is 1. The molecule has 8 nitrogen and oxygen atoms in total. The summed E-state index contributed by atoms with van der Waals surface area (Å²) in [6.45, 7) is 10.3. The van der Waals surface area contributed by atoms with Gasteiger partial charge in [-0.2, -0.15) is 10.1 Å². The van der Waals surface area contributed by atoms with Crippen LogP contribution in [0.1, 0.15) is 24.7 Å². The maximum absolute atomic E-state index is 12.9. The van der Waals surface area contributed by atoms with Gasteiger partial charge in [0, 0.05) is 25.8 Å². The van der Waals surface area contributed by atoms with Gasteiger partial charge in [0.15, 0.2) is 11.2 Å².